The van der Waals surface area contributed by atoms with Crippen LogP contribution in [0.4, 0.5) is 9.52 Å². The summed E-state index contributed by atoms with van der Waals surface area (Å²) in [6, 6.07) is 4.68. The van der Waals surface area contributed by atoms with Gasteiger partial charge in [0, 0.05) is 39.0 Å². The number of benzene rings is 1. The summed E-state index contributed by atoms with van der Waals surface area (Å²) in [4.78, 5) is 21.9. The highest BCUT2D eigenvalue weighted by Crippen LogP contribution is 2.34. The van der Waals surface area contributed by atoms with Crippen molar-refractivity contribution >= 4 is 32.6 Å². The molecule has 1 aromatic heterocycles. The van der Waals surface area contributed by atoms with Gasteiger partial charge in [0.1, 0.15) is 5.82 Å². The molecule has 0 bridgehead atoms. The zero-order valence-electron chi connectivity index (χ0n) is 15.7. The zero-order chi connectivity index (χ0) is 19.1. The summed E-state index contributed by atoms with van der Waals surface area (Å²) in [5.41, 5.74) is 0.813. The highest BCUT2D eigenvalue weighted by Gasteiger charge is 2.42. The van der Waals surface area contributed by atoms with Gasteiger partial charge in [0.15, 0.2) is 10.9 Å². The van der Waals surface area contributed by atoms with E-state index in [9.17, 15) is 9.18 Å². The van der Waals surface area contributed by atoms with Crippen LogP contribution < -0.4 is 4.90 Å². The second-order valence-electron chi connectivity index (χ2n) is 7.83. The van der Waals surface area contributed by atoms with Gasteiger partial charge in [-0.1, -0.05) is 11.3 Å². The molecule has 4 heterocycles. The molecule has 150 valence electrons. The molecule has 3 saturated heterocycles. The SMILES string of the molecule is O=C(C1CCCN(c2nc3ccc(F)cc3s2)C1)N1CCC2(CC1)OCCO2. The minimum Gasteiger partial charge on any atom is -0.347 e. The van der Waals surface area contributed by atoms with Gasteiger partial charge in [-0.2, -0.15) is 0 Å². The van der Waals surface area contributed by atoms with Gasteiger partial charge in [0.25, 0.3) is 0 Å². The maximum absolute atomic E-state index is 13.5. The molecule has 1 amide bonds. The molecule has 6 nitrogen and oxygen atoms in total. The number of rotatable bonds is 2. The first kappa shape index (κ1) is 18.3. The van der Waals surface area contributed by atoms with E-state index >= 15 is 0 Å². The van der Waals surface area contributed by atoms with E-state index in [2.05, 4.69) is 9.88 Å². The van der Waals surface area contributed by atoms with Gasteiger partial charge >= 0.3 is 0 Å². The number of nitrogens with zero attached hydrogens (tertiary/aromatic N) is 3. The average Bonchev–Trinajstić information content (AvgIpc) is 3.35. The number of hydrogen-bond acceptors (Lipinski definition) is 6. The predicted molar refractivity (Wildman–Crippen MR) is 105 cm³/mol. The first-order valence-corrected chi connectivity index (χ1v) is 10.8. The normalized spacial score (nSPS) is 25.0. The third-order valence-electron chi connectivity index (χ3n) is 6.03. The molecular weight excluding hydrogens is 381 g/mol. The third kappa shape index (κ3) is 3.38. The number of thiazole rings is 1. The van der Waals surface area contributed by atoms with Gasteiger partial charge in [0.05, 0.1) is 29.3 Å². The lowest BCUT2D eigenvalue weighted by atomic mass is 9.95. The van der Waals surface area contributed by atoms with E-state index in [0.29, 0.717) is 32.8 Å². The molecule has 3 aliphatic rings. The molecule has 3 fully saturated rings. The van der Waals surface area contributed by atoms with Crippen LogP contribution in [0.1, 0.15) is 25.7 Å². The molecule has 1 aromatic carbocycles. The minimum absolute atomic E-state index is 0.0167. The van der Waals surface area contributed by atoms with E-state index < -0.39 is 5.79 Å². The zero-order valence-corrected chi connectivity index (χ0v) is 16.5. The molecule has 28 heavy (non-hydrogen) atoms. The van der Waals surface area contributed by atoms with E-state index in [4.69, 9.17) is 9.47 Å². The van der Waals surface area contributed by atoms with Crippen LogP contribution in [-0.4, -0.2) is 61.0 Å². The van der Waals surface area contributed by atoms with E-state index in [0.717, 1.165) is 47.6 Å². The van der Waals surface area contributed by atoms with Crippen LogP contribution in [-0.2, 0) is 14.3 Å². The van der Waals surface area contributed by atoms with Crippen molar-refractivity contribution in [3.8, 4) is 0 Å². The van der Waals surface area contributed by atoms with Gasteiger partial charge in [-0.25, -0.2) is 9.37 Å². The van der Waals surface area contributed by atoms with Crippen molar-refractivity contribution in [2.75, 3.05) is 44.3 Å². The number of likely N-dealkylation sites (tertiary alicyclic amines) is 1. The second-order valence-corrected chi connectivity index (χ2v) is 8.84. The van der Waals surface area contributed by atoms with Gasteiger partial charge < -0.3 is 19.3 Å². The fourth-order valence-corrected chi connectivity index (χ4v) is 5.51. The Bertz CT molecular complexity index is 873. The summed E-state index contributed by atoms with van der Waals surface area (Å²) in [5.74, 6) is -0.486. The smallest absolute Gasteiger partial charge is 0.227 e. The fraction of sp³-hybridized carbons (Fsp3) is 0.600. The van der Waals surface area contributed by atoms with Crippen LogP contribution in [0.5, 0.6) is 0 Å². The molecule has 5 rings (SSSR count). The lowest BCUT2D eigenvalue weighted by Gasteiger charge is -2.40. The maximum Gasteiger partial charge on any atom is 0.227 e. The van der Waals surface area contributed by atoms with Crippen molar-refractivity contribution < 1.29 is 18.7 Å². The fourth-order valence-electron chi connectivity index (χ4n) is 4.49. The second kappa shape index (κ2) is 7.24. The summed E-state index contributed by atoms with van der Waals surface area (Å²) in [6.07, 6.45) is 3.37. The highest BCUT2D eigenvalue weighted by atomic mass is 32.1. The number of halogens is 1. The van der Waals surface area contributed by atoms with E-state index in [-0.39, 0.29) is 17.6 Å². The van der Waals surface area contributed by atoms with Gasteiger partial charge in [-0.05, 0) is 31.0 Å². The molecule has 0 saturated carbocycles. The van der Waals surface area contributed by atoms with Crippen molar-refractivity contribution in [2.24, 2.45) is 5.92 Å². The van der Waals surface area contributed by atoms with E-state index in [1.165, 1.54) is 23.5 Å². The average molecular weight is 405 g/mol. The molecule has 0 N–H and O–H groups in total. The Kier molecular flexibility index (Phi) is 4.72. The maximum atomic E-state index is 13.5. The summed E-state index contributed by atoms with van der Waals surface area (Å²) >= 11 is 1.50. The number of fused-ring (bicyclic) bond motifs is 1. The van der Waals surface area contributed by atoms with Crippen LogP contribution in [0, 0.1) is 11.7 Å². The predicted octanol–water partition coefficient (Wildman–Crippen LogP) is 3.02. The number of carbonyl (C=O) groups is 1. The molecule has 0 radical (unpaired) electrons. The Hall–Kier alpha value is -1.77. The molecule has 1 atom stereocenters. The minimum atomic E-state index is -0.453. The lowest BCUT2D eigenvalue weighted by molar-refractivity contribution is -0.188. The van der Waals surface area contributed by atoms with Gasteiger partial charge in [0.2, 0.25) is 5.91 Å². The molecular formula is C20H24FN3O3S. The monoisotopic (exact) mass is 405 g/mol. The number of ether oxygens (including phenoxy) is 2. The van der Waals surface area contributed by atoms with Crippen LogP contribution in [0.3, 0.4) is 0 Å². The highest BCUT2D eigenvalue weighted by molar-refractivity contribution is 7.22. The van der Waals surface area contributed by atoms with E-state index in [1.54, 1.807) is 6.07 Å². The van der Waals surface area contributed by atoms with Crippen LogP contribution in [0.15, 0.2) is 18.2 Å². The van der Waals surface area contributed by atoms with Gasteiger partial charge in [-0.15, -0.1) is 0 Å². The summed E-state index contributed by atoms with van der Waals surface area (Å²) in [6.45, 7) is 4.24. The number of piperidine rings is 2. The molecule has 8 heteroatoms. The summed E-state index contributed by atoms with van der Waals surface area (Å²) in [7, 11) is 0. The van der Waals surface area contributed by atoms with Crippen molar-refractivity contribution in [3.05, 3.63) is 24.0 Å². The topological polar surface area (TPSA) is 54.9 Å². The van der Waals surface area contributed by atoms with Crippen LogP contribution in [0.2, 0.25) is 0 Å². The number of hydrogen-bond donors (Lipinski definition) is 0. The number of anilines is 1. The molecule has 0 aliphatic carbocycles. The molecule has 2 aromatic rings. The van der Waals surface area contributed by atoms with Gasteiger partial charge in [-0.3, -0.25) is 4.79 Å². The number of carbonyl (C=O) groups excluding carboxylic acids is 1. The van der Waals surface area contributed by atoms with Crippen molar-refractivity contribution in [2.45, 2.75) is 31.5 Å². The Morgan fingerprint density at radius 3 is 2.79 bits per heavy atom. The standard InChI is InChI=1S/C20H24FN3O3S/c21-15-3-4-16-17(12-15)28-19(22-16)24-7-1-2-14(13-24)18(25)23-8-5-20(6-9-23)26-10-11-27-20/h3-4,12,14H,1-2,5-11,13H2. The van der Waals surface area contributed by atoms with Crippen LogP contribution in [0.25, 0.3) is 10.2 Å². The quantitative estimate of drug-likeness (QED) is 0.769. The Morgan fingerprint density at radius 2 is 2.00 bits per heavy atom. The van der Waals surface area contributed by atoms with Crippen molar-refractivity contribution in [1.82, 2.24) is 9.88 Å². The number of amides is 1. The lowest BCUT2D eigenvalue weighted by Crippen LogP contribution is -2.51. The summed E-state index contributed by atoms with van der Waals surface area (Å²) in [5, 5.41) is 0.878. The van der Waals surface area contributed by atoms with Crippen molar-refractivity contribution in [3.63, 3.8) is 0 Å². The third-order valence-corrected chi connectivity index (χ3v) is 7.11. The first-order valence-electron chi connectivity index (χ1n) is 10.00. The largest absolute Gasteiger partial charge is 0.347 e. The Morgan fingerprint density at radius 1 is 1.21 bits per heavy atom. The molecule has 1 unspecified atom stereocenters. The molecule has 1 spiro atoms. The van der Waals surface area contributed by atoms with E-state index in [1.807, 2.05) is 4.90 Å². The molecule has 3 aliphatic heterocycles. The Labute approximate surface area is 167 Å². The first-order chi connectivity index (χ1) is 13.6. The number of aromatic nitrogens is 1. The Balaban J connectivity index is 1.25. The van der Waals surface area contributed by atoms with Crippen molar-refractivity contribution in [1.29, 1.82) is 0 Å². The summed E-state index contributed by atoms with van der Waals surface area (Å²) < 4.78 is 25.8. The van der Waals surface area contributed by atoms with Crippen LogP contribution >= 0.6 is 11.3 Å².